The van der Waals surface area contributed by atoms with Crippen LogP contribution in [0.25, 0.3) is 0 Å². The van der Waals surface area contributed by atoms with Gasteiger partial charge in [-0.1, -0.05) is 47.7 Å². The topological polar surface area (TPSA) is 59.8 Å². The highest BCUT2D eigenvalue weighted by Crippen LogP contribution is 2.23. The van der Waals surface area contributed by atoms with E-state index in [0.717, 1.165) is 37.3 Å². The van der Waals surface area contributed by atoms with Gasteiger partial charge in [0.2, 0.25) is 5.91 Å². The number of hydrogen-bond acceptors (Lipinski definition) is 5. The number of anilines is 1. The summed E-state index contributed by atoms with van der Waals surface area (Å²) in [7, 11) is 0. The molecular formula is C23H25IN4OS2. The number of nitrogens with one attached hydrogen (secondary N) is 1. The van der Waals surface area contributed by atoms with Gasteiger partial charge in [-0.2, -0.15) is 0 Å². The molecule has 1 N–H and O–H groups in total. The van der Waals surface area contributed by atoms with Gasteiger partial charge in [-0.05, 0) is 65.8 Å². The van der Waals surface area contributed by atoms with Gasteiger partial charge in [-0.25, -0.2) is 0 Å². The van der Waals surface area contributed by atoms with Crippen LogP contribution in [0.5, 0.6) is 0 Å². The second-order valence-corrected chi connectivity index (χ2v) is 10.2. The molecule has 0 fully saturated rings. The van der Waals surface area contributed by atoms with Crippen LogP contribution < -0.4 is 5.32 Å². The number of thioether (sulfide) groups is 2. The first-order valence-corrected chi connectivity index (χ1v) is 13.0. The molecule has 0 saturated carbocycles. The number of benzene rings is 2. The summed E-state index contributed by atoms with van der Waals surface area (Å²) in [4.78, 5) is 12.4. The fraction of sp³-hybridized carbons (Fsp3) is 0.261. The van der Waals surface area contributed by atoms with Crippen molar-refractivity contribution in [3.63, 3.8) is 0 Å². The first kappa shape index (κ1) is 23.9. The van der Waals surface area contributed by atoms with Gasteiger partial charge in [0, 0.05) is 21.6 Å². The van der Waals surface area contributed by atoms with Crippen LogP contribution >= 0.6 is 46.1 Å². The molecule has 0 saturated heterocycles. The number of hydrogen-bond donors (Lipinski definition) is 1. The third-order valence-corrected chi connectivity index (χ3v) is 7.16. The van der Waals surface area contributed by atoms with Gasteiger partial charge in [-0.3, -0.25) is 4.79 Å². The van der Waals surface area contributed by atoms with Crippen LogP contribution in [0.2, 0.25) is 0 Å². The Morgan fingerprint density at radius 3 is 2.65 bits per heavy atom. The van der Waals surface area contributed by atoms with Crippen LogP contribution in [-0.4, -0.2) is 26.4 Å². The summed E-state index contributed by atoms with van der Waals surface area (Å²) < 4.78 is 3.18. The van der Waals surface area contributed by atoms with Crippen molar-refractivity contribution in [2.75, 3.05) is 11.1 Å². The third-order valence-electron chi connectivity index (χ3n) is 4.52. The summed E-state index contributed by atoms with van der Waals surface area (Å²) in [6.07, 6.45) is 1.83. The number of aromatic nitrogens is 3. The molecule has 2 aromatic carbocycles. The van der Waals surface area contributed by atoms with Gasteiger partial charge in [0.1, 0.15) is 5.82 Å². The van der Waals surface area contributed by atoms with E-state index in [-0.39, 0.29) is 11.7 Å². The van der Waals surface area contributed by atoms with Crippen molar-refractivity contribution in [1.82, 2.24) is 14.8 Å². The Kier molecular flexibility index (Phi) is 9.03. The minimum atomic E-state index is -0.0576. The highest BCUT2D eigenvalue weighted by molar-refractivity contribution is 14.1. The number of amides is 1. The molecule has 0 spiro atoms. The molecular weight excluding hydrogens is 539 g/mol. The van der Waals surface area contributed by atoms with Gasteiger partial charge < -0.3 is 9.88 Å². The fourth-order valence-electron chi connectivity index (χ4n) is 2.87. The zero-order chi connectivity index (χ0) is 22.2. The number of aryl methyl sites for hydroxylation is 2. The molecule has 0 bridgehead atoms. The second-order valence-electron chi connectivity index (χ2n) is 7.07. The SMILES string of the molecule is C=CCn1c(CSCc2ccc(C)cc2)nnc1SCC(=O)Nc1ccc(I)cc1C. The number of allylic oxidation sites excluding steroid dienone is 1. The molecule has 3 aromatic rings. The van der Waals surface area contributed by atoms with E-state index in [1.807, 2.05) is 35.8 Å². The molecule has 0 aliphatic rings. The van der Waals surface area contributed by atoms with Crippen LogP contribution in [0.3, 0.4) is 0 Å². The Hall–Kier alpha value is -1.78. The zero-order valence-electron chi connectivity index (χ0n) is 17.6. The largest absolute Gasteiger partial charge is 0.325 e. The van der Waals surface area contributed by atoms with E-state index in [2.05, 4.69) is 75.9 Å². The van der Waals surface area contributed by atoms with E-state index in [0.29, 0.717) is 6.54 Å². The molecule has 0 radical (unpaired) electrons. The molecule has 162 valence electrons. The van der Waals surface area contributed by atoms with Crippen molar-refractivity contribution in [3.8, 4) is 0 Å². The van der Waals surface area contributed by atoms with E-state index in [1.54, 1.807) is 11.8 Å². The Morgan fingerprint density at radius 1 is 1.16 bits per heavy atom. The Morgan fingerprint density at radius 2 is 1.94 bits per heavy atom. The molecule has 1 heterocycles. The standard InChI is InChI=1S/C23H25IN4OS2/c1-4-11-28-21(14-30-13-18-7-5-16(2)6-8-18)26-27-23(28)31-15-22(29)25-20-10-9-19(24)12-17(20)3/h4-10,12H,1,11,13-15H2,2-3H3,(H,25,29). The first-order chi connectivity index (χ1) is 15.0. The number of carbonyl (C=O) groups is 1. The second kappa shape index (κ2) is 11.7. The zero-order valence-corrected chi connectivity index (χ0v) is 21.4. The summed E-state index contributed by atoms with van der Waals surface area (Å²) in [5.74, 6) is 2.79. The first-order valence-electron chi connectivity index (χ1n) is 9.81. The van der Waals surface area contributed by atoms with Crippen LogP contribution in [0, 0.1) is 17.4 Å². The van der Waals surface area contributed by atoms with Crippen molar-refractivity contribution < 1.29 is 4.79 Å². The van der Waals surface area contributed by atoms with E-state index >= 15 is 0 Å². The number of halogens is 1. The van der Waals surface area contributed by atoms with Crippen molar-refractivity contribution in [3.05, 3.63) is 81.2 Å². The smallest absolute Gasteiger partial charge is 0.234 e. The van der Waals surface area contributed by atoms with Crippen molar-refractivity contribution in [2.45, 2.75) is 37.1 Å². The lowest BCUT2D eigenvalue weighted by atomic mass is 10.2. The van der Waals surface area contributed by atoms with Crippen molar-refractivity contribution in [1.29, 1.82) is 0 Å². The monoisotopic (exact) mass is 564 g/mol. The maximum Gasteiger partial charge on any atom is 0.234 e. The minimum Gasteiger partial charge on any atom is -0.325 e. The lowest BCUT2D eigenvalue weighted by Gasteiger charge is -2.10. The predicted octanol–water partition coefficient (Wildman–Crippen LogP) is 5.85. The highest BCUT2D eigenvalue weighted by atomic mass is 127. The van der Waals surface area contributed by atoms with E-state index in [4.69, 9.17) is 0 Å². The Bertz CT molecular complexity index is 1050. The average Bonchev–Trinajstić information content (AvgIpc) is 3.12. The summed E-state index contributed by atoms with van der Waals surface area (Å²) >= 11 is 5.46. The fourth-order valence-corrected chi connectivity index (χ4v) is 5.21. The molecule has 1 amide bonds. The molecule has 0 aliphatic carbocycles. The molecule has 8 heteroatoms. The van der Waals surface area contributed by atoms with E-state index in [9.17, 15) is 4.79 Å². The maximum atomic E-state index is 12.4. The van der Waals surface area contributed by atoms with E-state index < -0.39 is 0 Å². The minimum absolute atomic E-state index is 0.0576. The lowest BCUT2D eigenvalue weighted by Crippen LogP contribution is -2.15. The van der Waals surface area contributed by atoms with Gasteiger partial charge in [0.05, 0.1) is 11.5 Å². The molecule has 5 nitrogen and oxygen atoms in total. The molecule has 0 unspecified atom stereocenters. The average molecular weight is 565 g/mol. The molecule has 0 atom stereocenters. The Labute approximate surface area is 205 Å². The summed E-state index contributed by atoms with van der Waals surface area (Å²) in [5, 5.41) is 12.4. The maximum absolute atomic E-state index is 12.4. The van der Waals surface area contributed by atoms with Gasteiger partial charge in [0.25, 0.3) is 0 Å². The summed E-state index contributed by atoms with van der Waals surface area (Å²) in [6.45, 7) is 8.55. The Balaban J connectivity index is 1.56. The van der Waals surface area contributed by atoms with Crippen LogP contribution in [0.15, 0.2) is 60.3 Å². The normalized spacial score (nSPS) is 10.8. The molecule has 0 aliphatic heterocycles. The number of nitrogens with zero attached hydrogens (tertiary/aromatic N) is 3. The van der Waals surface area contributed by atoms with Gasteiger partial charge >= 0.3 is 0 Å². The third kappa shape index (κ3) is 7.11. The van der Waals surface area contributed by atoms with Gasteiger partial charge in [0.15, 0.2) is 5.16 Å². The predicted molar refractivity (Wildman–Crippen MR) is 140 cm³/mol. The van der Waals surface area contributed by atoms with Crippen molar-refractivity contribution >= 4 is 57.7 Å². The number of carbonyl (C=O) groups excluding carboxylic acids is 1. The quantitative estimate of drug-likeness (QED) is 0.190. The van der Waals surface area contributed by atoms with Gasteiger partial charge in [-0.15, -0.1) is 28.5 Å². The van der Waals surface area contributed by atoms with Crippen LogP contribution in [0.1, 0.15) is 22.5 Å². The molecule has 1 aromatic heterocycles. The molecule has 3 rings (SSSR count). The van der Waals surface area contributed by atoms with E-state index in [1.165, 1.54) is 22.9 Å². The van der Waals surface area contributed by atoms with Crippen LogP contribution in [-0.2, 0) is 22.8 Å². The van der Waals surface area contributed by atoms with Crippen LogP contribution in [0.4, 0.5) is 5.69 Å². The molecule has 31 heavy (non-hydrogen) atoms. The summed E-state index contributed by atoms with van der Waals surface area (Å²) in [6, 6.07) is 14.5. The highest BCUT2D eigenvalue weighted by Gasteiger charge is 2.14. The van der Waals surface area contributed by atoms with Crippen molar-refractivity contribution in [2.24, 2.45) is 0 Å². The summed E-state index contributed by atoms with van der Waals surface area (Å²) in [5.41, 5.74) is 4.45. The number of rotatable bonds is 10. The lowest BCUT2D eigenvalue weighted by molar-refractivity contribution is -0.113.